The van der Waals surface area contributed by atoms with Crippen LogP contribution in [0.5, 0.6) is 0 Å². The Bertz CT molecular complexity index is 2180. The van der Waals surface area contributed by atoms with Gasteiger partial charge in [0.2, 0.25) is 0 Å². The van der Waals surface area contributed by atoms with E-state index in [9.17, 15) is 0 Å². The Labute approximate surface area is 303 Å². The molecule has 9 aliphatic rings. The molecule has 1 aromatic carbocycles. The number of nitrogens with zero attached hydrogens (tertiary/aromatic N) is 1. The molecule has 11 rings (SSSR count). The zero-order valence-electron chi connectivity index (χ0n) is 29.8. The summed E-state index contributed by atoms with van der Waals surface area (Å²) in [6, 6.07) is 7.03. The molecule has 9 aliphatic carbocycles. The molecule has 256 valence electrons. The Morgan fingerprint density at radius 2 is 1.75 bits per heavy atom. The maximum atomic E-state index is 6.60. The summed E-state index contributed by atoms with van der Waals surface area (Å²) in [5.41, 5.74) is 15.3. The van der Waals surface area contributed by atoms with Crippen LogP contribution in [0.1, 0.15) is 88.4 Å². The van der Waals surface area contributed by atoms with Crippen LogP contribution in [0.3, 0.4) is 0 Å². The van der Waals surface area contributed by atoms with Gasteiger partial charge in [0.15, 0.2) is 0 Å². The van der Waals surface area contributed by atoms with E-state index in [1.54, 1.807) is 22.3 Å². The van der Waals surface area contributed by atoms with Crippen LogP contribution in [-0.4, -0.2) is 6.04 Å². The Morgan fingerprint density at radius 1 is 0.784 bits per heavy atom. The molecule has 2 heteroatoms. The number of furan rings is 1. The summed E-state index contributed by atoms with van der Waals surface area (Å²) in [5.74, 6) is 3.45. The van der Waals surface area contributed by atoms with E-state index in [0.717, 1.165) is 43.4 Å². The van der Waals surface area contributed by atoms with Crippen molar-refractivity contribution in [1.82, 2.24) is 0 Å². The minimum atomic E-state index is 0.164. The van der Waals surface area contributed by atoms with E-state index in [4.69, 9.17) is 4.42 Å². The average molecular weight is 668 g/mol. The van der Waals surface area contributed by atoms with Crippen molar-refractivity contribution in [2.45, 2.75) is 89.5 Å². The summed E-state index contributed by atoms with van der Waals surface area (Å²) in [6.07, 6.45) is 52.5. The highest BCUT2D eigenvalue weighted by Gasteiger charge is 2.63. The monoisotopic (exact) mass is 667 g/mol. The lowest BCUT2D eigenvalue weighted by Crippen LogP contribution is -2.41. The molecule has 2 aromatic rings. The summed E-state index contributed by atoms with van der Waals surface area (Å²) in [5, 5.41) is 1.28. The predicted molar refractivity (Wildman–Crippen MR) is 211 cm³/mol. The maximum absolute atomic E-state index is 6.60. The lowest BCUT2D eigenvalue weighted by Gasteiger charge is -2.47. The van der Waals surface area contributed by atoms with Gasteiger partial charge in [0.05, 0.1) is 17.1 Å². The number of rotatable bonds is 4. The van der Waals surface area contributed by atoms with E-state index in [0.29, 0.717) is 23.7 Å². The van der Waals surface area contributed by atoms with Crippen LogP contribution in [0, 0.1) is 29.1 Å². The molecule has 6 unspecified atom stereocenters. The summed E-state index contributed by atoms with van der Waals surface area (Å²) >= 11 is 0. The molecule has 0 radical (unpaired) electrons. The maximum Gasteiger partial charge on any atom is 0.137 e. The van der Waals surface area contributed by atoms with Gasteiger partial charge in [-0.2, -0.15) is 0 Å². The molecule has 0 bridgehead atoms. The van der Waals surface area contributed by atoms with Crippen LogP contribution in [0.25, 0.3) is 17.0 Å². The summed E-state index contributed by atoms with van der Waals surface area (Å²) in [6.45, 7) is 0. The first kappa shape index (κ1) is 30.3. The molecule has 0 aliphatic heterocycles. The van der Waals surface area contributed by atoms with E-state index in [1.165, 1.54) is 79.3 Å². The second kappa shape index (κ2) is 11.9. The molecule has 51 heavy (non-hydrogen) atoms. The largest absolute Gasteiger partial charge is 0.460 e. The summed E-state index contributed by atoms with van der Waals surface area (Å²) < 4.78 is 6.60. The number of benzene rings is 1. The Balaban J connectivity index is 1.05. The standard InChI is InChI=1S/C49H49NO/c1-2-13-32(14-3-1)33-25-27-34(28-26-33)50(45-22-12-24-47-48(45)40-18-7-11-23-46(40)51-47)35-29-30-39-38-17-6-10-21-43(38)49(44(39)31-35)41-19-8-4-15-36(41)37-16-5-9-20-42(37)49/h2,4-5,7-8,12-16,18,22,24-25,27-30,33,35,37,41-42H,1,3,6,9-11,17,19-21,23,26,31H2. The van der Waals surface area contributed by atoms with Gasteiger partial charge in [-0.1, -0.05) is 102 Å². The van der Waals surface area contributed by atoms with Crippen LogP contribution in [0.4, 0.5) is 5.69 Å². The van der Waals surface area contributed by atoms with Crippen molar-refractivity contribution in [1.29, 1.82) is 0 Å². The molecule has 1 saturated carbocycles. The van der Waals surface area contributed by atoms with Gasteiger partial charge in [0, 0.05) is 34.9 Å². The first-order valence-corrected chi connectivity index (χ1v) is 20.2. The van der Waals surface area contributed by atoms with Gasteiger partial charge in [-0.15, -0.1) is 0 Å². The van der Waals surface area contributed by atoms with Gasteiger partial charge in [0.25, 0.3) is 0 Å². The third-order valence-corrected chi connectivity index (χ3v) is 14.2. The first-order chi connectivity index (χ1) is 25.3. The van der Waals surface area contributed by atoms with Gasteiger partial charge >= 0.3 is 0 Å². The van der Waals surface area contributed by atoms with E-state index in [1.807, 2.05) is 5.57 Å². The smallest absolute Gasteiger partial charge is 0.137 e. The minimum Gasteiger partial charge on any atom is -0.460 e. The molecule has 0 amide bonds. The Kier molecular flexibility index (Phi) is 7.06. The van der Waals surface area contributed by atoms with Crippen molar-refractivity contribution >= 4 is 22.7 Å². The van der Waals surface area contributed by atoms with Crippen LogP contribution in [-0.2, 0) is 6.42 Å². The van der Waals surface area contributed by atoms with Gasteiger partial charge < -0.3 is 9.32 Å². The second-order valence-corrected chi connectivity index (χ2v) is 16.5. The van der Waals surface area contributed by atoms with Crippen molar-refractivity contribution in [2.75, 3.05) is 4.90 Å². The number of anilines is 1. The van der Waals surface area contributed by atoms with E-state index >= 15 is 0 Å². The van der Waals surface area contributed by atoms with Crippen LogP contribution >= 0.6 is 0 Å². The quantitative estimate of drug-likeness (QED) is 0.302. The fraction of sp³-hybridized carbons (Fsp3) is 0.388. The molecular formula is C49H49NO. The Morgan fingerprint density at radius 3 is 2.67 bits per heavy atom. The third kappa shape index (κ3) is 4.41. The van der Waals surface area contributed by atoms with Gasteiger partial charge in [-0.25, -0.2) is 0 Å². The number of hydrogen-bond donors (Lipinski definition) is 0. The highest BCUT2D eigenvalue weighted by molar-refractivity contribution is 6.00. The second-order valence-electron chi connectivity index (χ2n) is 16.5. The lowest BCUT2D eigenvalue weighted by atomic mass is 9.58. The molecule has 1 heterocycles. The van der Waals surface area contributed by atoms with Crippen LogP contribution in [0.15, 0.2) is 147 Å². The third-order valence-electron chi connectivity index (χ3n) is 14.2. The molecule has 0 N–H and O–H groups in total. The van der Waals surface area contributed by atoms with Crippen molar-refractivity contribution in [3.8, 4) is 0 Å². The number of hydrogen-bond acceptors (Lipinski definition) is 2. The fourth-order valence-electron chi connectivity index (χ4n) is 12.3. The number of allylic oxidation sites excluding steroid dienone is 18. The van der Waals surface area contributed by atoms with Crippen molar-refractivity contribution in [2.24, 2.45) is 29.1 Å². The van der Waals surface area contributed by atoms with E-state index in [2.05, 4.69) is 114 Å². The van der Waals surface area contributed by atoms with Crippen molar-refractivity contribution in [3.05, 3.63) is 154 Å². The number of fused-ring (bicyclic) bond motifs is 11. The van der Waals surface area contributed by atoms with E-state index < -0.39 is 0 Å². The molecule has 0 saturated heterocycles. The van der Waals surface area contributed by atoms with Gasteiger partial charge in [-0.05, 0) is 129 Å². The summed E-state index contributed by atoms with van der Waals surface area (Å²) in [7, 11) is 0. The minimum absolute atomic E-state index is 0.164. The molecule has 6 atom stereocenters. The summed E-state index contributed by atoms with van der Waals surface area (Å²) in [4.78, 5) is 2.73. The fourth-order valence-corrected chi connectivity index (χ4v) is 12.3. The molecule has 2 nitrogen and oxygen atoms in total. The first-order valence-electron chi connectivity index (χ1n) is 20.2. The van der Waals surface area contributed by atoms with Gasteiger partial charge in [0.1, 0.15) is 11.3 Å². The van der Waals surface area contributed by atoms with Crippen LogP contribution in [0.2, 0.25) is 0 Å². The highest BCUT2D eigenvalue weighted by Crippen LogP contribution is 2.72. The van der Waals surface area contributed by atoms with E-state index in [-0.39, 0.29) is 11.5 Å². The molecule has 1 spiro atoms. The molecule has 1 fully saturated rings. The van der Waals surface area contributed by atoms with Gasteiger partial charge in [-0.3, -0.25) is 0 Å². The number of aryl methyl sites for hydroxylation is 1. The SMILES string of the molecule is C1=CCC2C(=C1)C1C=CCCC1C21C2=C(C=CC(N(C3=CCC(C4=CCCC=C4)C=C3)c3cccc4oc5c(c34)C=CCC5)C2)C2=C1CCCC2. The highest BCUT2D eigenvalue weighted by atomic mass is 16.3. The lowest BCUT2D eigenvalue weighted by molar-refractivity contribution is 0.199. The van der Waals surface area contributed by atoms with Crippen LogP contribution < -0.4 is 4.90 Å². The molecular weight excluding hydrogens is 619 g/mol. The predicted octanol–water partition coefficient (Wildman–Crippen LogP) is 12.5. The Hall–Kier alpha value is -4.30. The topological polar surface area (TPSA) is 16.4 Å². The zero-order valence-corrected chi connectivity index (χ0v) is 29.8. The normalized spacial score (nSPS) is 32.9. The van der Waals surface area contributed by atoms with Crippen molar-refractivity contribution in [3.63, 3.8) is 0 Å². The molecule has 1 aromatic heterocycles. The average Bonchev–Trinajstić information content (AvgIpc) is 3.83. The zero-order chi connectivity index (χ0) is 33.5. The van der Waals surface area contributed by atoms with Crippen molar-refractivity contribution < 1.29 is 4.42 Å².